The minimum Gasteiger partial charge on any atom is -0.468 e. The molecular formula is C30H44O7. The van der Waals surface area contributed by atoms with Crippen LogP contribution in [0.3, 0.4) is 0 Å². The molecule has 0 amide bonds. The Kier molecular flexibility index (Phi) is 5.93. The van der Waals surface area contributed by atoms with Crippen LogP contribution in [0.1, 0.15) is 79.6 Å². The van der Waals surface area contributed by atoms with Crippen molar-refractivity contribution >= 4 is 11.9 Å². The zero-order valence-corrected chi connectivity index (χ0v) is 23.2. The van der Waals surface area contributed by atoms with Crippen LogP contribution in [0.4, 0.5) is 0 Å². The highest BCUT2D eigenvalue weighted by Crippen LogP contribution is 2.78. The Morgan fingerprint density at radius 3 is 2.54 bits per heavy atom. The van der Waals surface area contributed by atoms with Crippen molar-refractivity contribution in [2.45, 2.75) is 97.4 Å². The number of hydrogen-bond acceptors (Lipinski definition) is 7. The zero-order chi connectivity index (χ0) is 27.2. The maximum Gasteiger partial charge on any atom is 0.330 e. The van der Waals surface area contributed by atoms with Gasteiger partial charge >= 0.3 is 11.9 Å². The van der Waals surface area contributed by atoms with Crippen molar-refractivity contribution in [1.82, 2.24) is 0 Å². The number of fused-ring (bicyclic) bond motifs is 7. The number of carbonyl (C=O) groups is 2. The second-order valence-corrected chi connectivity index (χ2v) is 13.8. The molecule has 10 atom stereocenters. The lowest BCUT2D eigenvalue weighted by molar-refractivity contribution is -0.318. The fourth-order valence-corrected chi connectivity index (χ4v) is 10.4. The minimum absolute atomic E-state index is 0.0331. The average Bonchev–Trinajstić information content (AvgIpc) is 3.00. The Hall–Kier alpha value is -1.70. The van der Waals surface area contributed by atoms with Crippen molar-refractivity contribution in [1.29, 1.82) is 0 Å². The molecule has 0 aromatic rings. The molecule has 4 aliphatic carbocycles. The summed E-state index contributed by atoms with van der Waals surface area (Å²) in [6.45, 7) is 10.1. The van der Waals surface area contributed by atoms with Gasteiger partial charge in [-0.2, -0.15) is 0 Å². The molecule has 3 saturated carbocycles. The van der Waals surface area contributed by atoms with Gasteiger partial charge in [0.2, 0.25) is 0 Å². The summed E-state index contributed by atoms with van der Waals surface area (Å²) in [6, 6.07) is 0. The zero-order valence-electron chi connectivity index (χ0n) is 23.2. The third-order valence-electron chi connectivity index (χ3n) is 12.3. The molecule has 0 aromatic carbocycles. The summed E-state index contributed by atoms with van der Waals surface area (Å²) in [4.78, 5) is 26.4. The molecular weight excluding hydrogens is 472 g/mol. The lowest BCUT2D eigenvalue weighted by Crippen LogP contribution is -2.78. The lowest BCUT2D eigenvalue weighted by Gasteiger charge is -2.75. The van der Waals surface area contributed by atoms with Crippen molar-refractivity contribution in [3.63, 3.8) is 0 Å². The molecule has 1 heterocycles. The standard InChI is InChI=1S/C30H44O7/c1-18-9-10-25(3)11-13-27(5)23-20(32)16-28(19(2)31)17-37-22(33)8-7-21(28)26(23,4)12-14-29(27,24(34)36-6)30(25,35)15-18/h7-9,19-21,23,31-32,35H,10-17H2,1-6H3/t19-,20-,21+,23+,25-,26+,27-,28?,29+,30+/m1/s1. The number of rotatable bonds is 2. The van der Waals surface area contributed by atoms with E-state index in [9.17, 15) is 24.9 Å². The minimum atomic E-state index is -1.32. The number of ether oxygens (including phenoxy) is 2. The molecule has 7 nitrogen and oxygen atoms in total. The van der Waals surface area contributed by atoms with Gasteiger partial charge in [0.25, 0.3) is 0 Å². The molecule has 37 heavy (non-hydrogen) atoms. The number of aliphatic hydroxyl groups excluding tert-OH is 2. The van der Waals surface area contributed by atoms with Crippen LogP contribution in [0.25, 0.3) is 0 Å². The summed E-state index contributed by atoms with van der Waals surface area (Å²) in [5.41, 5.74) is -4.09. The Labute approximate surface area is 220 Å². The molecule has 1 unspecified atom stereocenters. The summed E-state index contributed by atoms with van der Waals surface area (Å²) in [6.07, 6.45) is 7.54. The van der Waals surface area contributed by atoms with Crippen LogP contribution in [0, 0.1) is 38.9 Å². The van der Waals surface area contributed by atoms with Crippen LogP contribution in [0.5, 0.6) is 0 Å². The third-order valence-corrected chi connectivity index (χ3v) is 12.3. The molecule has 0 aromatic heterocycles. The fraction of sp³-hybridized carbons (Fsp3) is 0.800. The Bertz CT molecular complexity index is 1060. The average molecular weight is 517 g/mol. The number of allylic oxidation sites excluding steroid dienone is 2. The molecule has 3 fully saturated rings. The van der Waals surface area contributed by atoms with E-state index in [4.69, 9.17) is 9.47 Å². The summed E-state index contributed by atoms with van der Waals surface area (Å²) in [7, 11) is 1.40. The summed E-state index contributed by atoms with van der Waals surface area (Å²) < 4.78 is 11.0. The predicted molar refractivity (Wildman–Crippen MR) is 137 cm³/mol. The number of aliphatic hydroxyl groups is 3. The summed E-state index contributed by atoms with van der Waals surface area (Å²) in [5.74, 6) is -1.44. The first-order valence-electron chi connectivity index (χ1n) is 13.8. The van der Waals surface area contributed by atoms with Crippen molar-refractivity contribution < 1.29 is 34.4 Å². The van der Waals surface area contributed by atoms with E-state index in [0.29, 0.717) is 32.1 Å². The molecule has 0 saturated heterocycles. The van der Waals surface area contributed by atoms with Gasteiger partial charge in [-0.3, -0.25) is 4.79 Å². The number of methoxy groups -OCH3 is 1. The highest BCUT2D eigenvalue weighted by atomic mass is 16.5. The normalized spacial score (nSPS) is 51.8. The molecule has 0 radical (unpaired) electrons. The Morgan fingerprint density at radius 1 is 1.19 bits per heavy atom. The summed E-state index contributed by atoms with van der Waals surface area (Å²) in [5, 5.41) is 35.9. The second kappa shape index (κ2) is 8.15. The van der Waals surface area contributed by atoms with E-state index in [1.54, 1.807) is 6.92 Å². The van der Waals surface area contributed by atoms with E-state index in [0.717, 1.165) is 12.0 Å². The fourth-order valence-electron chi connectivity index (χ4n) is 10.4. The predicted octanol–water partition coefficient (Wildman–Crippen LogP) is 3.70. The van der Waals surface area contributed by atoms with Crippen LogP contribution in [0.2, 0.25) is 0 Å². The highest BCUT2D eigenvalue weighted by molar-refractivity contribution is 5.82. The van der Waals surface area contributed by atoms with Gasteiger partial charge in [-0.05, 0) is 81.5 Å². The number of esters is 2. The topological polar surface area (TPSA) is 113 Å². The number of hydrogen-bond donors (Lipinski definition) is 3. The first-order valence-corrected chi connectivity index (χ1v) is 13.8. The van der Waals surface area contributed by atoms with E-state index < -0.39 is 56.8 Å². The van der Waals surface area contributed by atoms with Gasteiger partial charge < -0.3 is 24.8 Å². The monoisotopic (exact) mass is 516 g/mol. The van der Waals surface area contributed by atoms with Gasteiger partial charge in [-0.25, -0.2) is 4.79 Å². The van der Waals surface area contributed by atoms with Gasteiger partial charge in [-0.1, -0.05) is 38.5 Å². The van der Waals surface area contributed by atoms with Crippen LogP contribution in [-0.2, 0) is 19.1 Å². The van der Waals surface area contributed by atoms with Crippen molar-refractivity contribution in [2.24, 2.45) is 38.9 Å². The van der Waals surface area contributed by atoms with E-state index >= 15 is 0 Å². The van der Waals surface area contributed by atoms with Gasteiger partial charge in [-0.15, -0.1) is 0 Å². The first-order chi connectivity index (χ1) is 17.2. The van der Waals surface area contributed by atoms with Crippen LogP contribution < -0.4 is 0 Å². The molecule has 206 valence electrons. The molecule has 0 spiro atoms. The van der Waals surface area contributed by atoms with E-state index in [2.05, 4.69) is 26.8 Å². The highest BCUT2D eigenvalue weighted by Gasteiger charge is 2.80. The van der Waals surface area contributed by atoms with Gasteiger partial charge in [0.1, 0.15) is 12.0 Å². The molecule has 5 aliphatic rings. The third kappa shape index (κ3) is 3.05. The maximum atomic E-state index is 14.1. The smallest absolute Gasteiger partial charge is 0.330 e. The van der Waals surface area contributed by atoms with Crippen LogP contribution in [0.15, 0.2) is 23.8 Å². The maximum absolute atomic E-state index is 14.1. The quantitative estimate of drug-likeness (QED) is 0.379. The van der Waals surface area contributed by atoms with Crippen molar-refractivity contribution in [3.05, 3.63) is 23.8 Å². The first kappa shape index (κ1) is 26.9. The van der Waals surface area contributed by atoms with Crippen molar-refractivity contribution in [3.8, 4) is 0 Å². The molecule has 5 rings (SSSR count). The second-order valence-electron chi connectivity index (χ2n) is 13.8. The molecule has 3 N–H and O–H groups in total. The molecule has 0 bridgehead atoms. The van der Waals surface area contributed by atoms with Gasteiger partial charge in [0.15, 0.2) is 0 Å². The van der Waals surface area contributed by atoms with Crippen molar-refractivity contribution in [2.75, 3.05) is 13.7 Å². The van der Waals surface area contributed by atoms with E-state index in [-0.39, 0.29) is 24.9 Å². The van der Waals surface area contributed by atoms with Crippen LogP contribution in [-0.4, -0.2) is 58.8 Å². The summed E-state index contributed by atoms with van der Waals surface area (Å²) >= 11 is 0. The van der Waals surface area contributed by atoms with Gasteiger partial charge in [0.05, 0.1) is 24.9 Å². The Balaban J connectivity index is 1.73. The number of cyclic esters (lactones) is 1. The lowest BCUT2D eigenvalue weighted by atomic mass is 9.29. The van der Waals surface area contributed by atoms with E-state index in [1.807, 2.05) is 13.0 Å². The number of carbonyl (C=O) groups excluding carboxylic acids is 2. The SMILES string of the molecule is COC(=O)[C@@]12CC[C@@]3(C)[C@@H]4C=CC(=O)OCC4([C@@H](C)O)C[C@@H](O)[C@@H]3[C@@]1(C)CC[C@@]1(C)CC=C(C)C[C@]12O. The van der Waals surface area contributed by atoms with Crippen LogP contribution >= 0.6 is 0 Å². The largest absolute Gasteiger partial charge is 0.468 e. The molecule has 1 aliphatic heterocycles. The van der Waals surface area contributed by atoms with E-state index in [1.165, 1.54) is 13.2 Å². The van der Waals surface area contributed by atoms with Gasteiger partial charge in [0, 0.05) is 16.9 Å². The Morgan fingerprint density at radius 2 is 1.89 bits per heavy atom. The molecule has 7 heteroatoms.